The summed E-state index contributed by atoms with van der Waals surface area (Å²) in [5.74, 6) is 0.462. The summed E-state index contributed by atoms with van der Waals surface area (Å²) in [5, 5.41) is 0. The van der Waals surface area contributed by atoms with Gasteiger partial charge in [0.05, 0.1) is 5.75 Å². The lowest BCUT2D eigenvalue weighted by atomic mass is 9.76. The van der Waals surface area contributed by atoms with Crippen LogP contribution in [-0.4, -0.2) is 31.6 Å². The highest BCUT2D eigenvalue weighted by molar-refractivity contribution is 7.89. The number of hydrogen-bond donors (Lipinski definition) is 1. The summed E-state index contributed by atoms with van der Waals surface area (Å²) in [7, 11) is -1.53. The van der Waals surface area contributed by atoms with E-state index in [0.29, 0.717) is 13.0 Å². The molecule has 0 bridgehead atoms. The Morgan fingerprint density at radius 1 is 1.11 bits per heavy atom. The minimum atomic E-state index is -3.19. The van der Waals surface area contributed by atoms with Crippen molar-refractivity contribution < 1.29 is 8.42 Å². The number of rotatable bonds is 7. The van der Waals surface area contributed by atoms with Crippen molar-refractivity contribution in [3.05, 3.63) is 70.8 Å². The van der Waals surface area contributed by atoms with Crippen molar-refractivity contribution >= 4 is 22.4 Å². The van der Waals surface area contributed by atoms with Crippen molar-refractivity contribution in [3.63, 3.8) is 0 Å². The Morgan fingerprint density at radius 2 is 1.82 bits per heavy atom. The number of fused-ring (bicyclic) bond motifs is 1. The number of halogens is 1. The minimum Gasteiger partial charge on any atom is -0.327 e. The number of sulfonamides is 1. The molecule has 0 heterocycles. The topological polar surface area (TPSA) is 63.4 Å². The van der Waals surface area contributed by atoms with Gasteiger partial charge in [0.2, 0.25) is 10.0 Å². The molecule has 0 radical (unpaired) electrons. The zero-order valence-corrected chi connectivity index (χ0v) is 18.3. The predicted octanol–water partition coefficient (Wildman–Crippen LogP) is 3.88. The van der Waals surface area contributed by atoms with Crippen molar-refractivity contribution in [1.29, 1.82) is 0 Å². The first-order chi connectivity index (χ1) is 12.9. The molecule has 0 saturated heterocycles. The highest BCUT2D eigenvalue weighted by Crippen LogP contribution is 2.34. The van der Waals surface area contributed by atoms with Gasteiger partial charge >= 0.3 is 0 Å². The average molecular weight is 423 g/mol. The SMILES string of the molecule is CCCS(=O)(=O)N(C)Cc1ccc2c(c1)[C@@H](Cc1ccccc1)[C@@H](N)CC2.Cl. The number of benzene rings is 2. The third-order valence-electron chi connectivity index (χ3n) is 5.51. The summed E-state index contributed by atoms with van der Waals surface area (Å²) in [5.41, 5.74) is 11.5. The number of nitrogens with two attached hydrogens (primary N) is 1. The Bertz CT molecular complexity index is 871. The predicted molar refractivity (Wildman–Crippen MR) is 118 cm³/mol. The second-order valence-electron chi connectivity index (χ2n) is 7.60. The second-order valence-corrected chi connectivity index (χ2v) is 9.80. The van der Waals surface area contributed by atoms with Crippen LogP contribution in [0.5, 0.6) is 0 Å². The van der Waals surface area contributed by atoms with E-state index in [-0.39, 0.29) is 30.1 Å². The van der Waals surface area contributed by atoms with Crippen molar-refractivity contribution in [2.75, 3.05) is 12.8 Å². The summed E-state index contributed by atoms with van der Waals surface area (Å²) in [6.07, 6.45) is 3.54. The molecule has 0 unspecified atom stereocenters. The molecular formula is C22H31ClN2O2S. The molecule has 2 atom stereocenters. The van der Waals surface area contributed by atoms with Crippen molar-refractivity contribution in [1.82, 2.24) is 4.31 Å². The van der Waals surface area contributed by atoms with E-state index in [1.165, 1.54) is 21.0 Å². The largest absolute Gasteiger partial charge is 0.327 e. The normalized spacial score (nSPS) is 19.1. The molecule has 3 rings (SSSR count). The Balaban J connectivity index is 0.00000280. The molecule has 0 saturated carbocycles. The van der Waals surface area contributed by atoms with Gasteiger partial charge in [0.1, 0.15) is 0 Å². The van der Waals surface area contributed by atoms with Crippen molar-refractivity contribution in [2.24, 2.45) is 5.73 Å². The fourth-order valence-corrected chi connectivity index (χ4v) is 5.14. The maximum Gasteiger partial charge on any atom is 0.214 e. The molecular weight excluding hydrogens is 392 g/mol. The zero-order chi connectivity index (χ0) is 19.4. The van der Waals surface area contributed by atoms with Gasteiger partial charge in [0.15, 0.2) is 0 Å². The number of nitrogens with zero attached hydrogens (tertiary/aromatic N) is 1. The van der Waals surface area contributed by atoms with Crippen LogP contribution in [0.2, 0.25) is 0 Å². The van der Waals surface area contributed by atoms with Gasteiger partial charge in [-0.05, 0) is 47.9 Å². The summed E-state index contributed by atoms with van der Waals surface area (Å²) >= 11 is 0. The Kier molecular flexibility index (Phi) is 8.07. The van der Waals surface area contributed by atoms with Gasteiger partial charge in [-0.1, -0.05) is 55.5 Å². The lowest BCUT2D eigenvalue weighted by molar-refractivity contribution is 0.457. The highest BCUT2D eigenvalue weighted by Gasteiger charge is 2.28. The highest BCUT2D eigenvalue weighted by atomic mass is 35.5. The lowest BCUT2D eigenvalue weighted by Crippen LogP contribution is -2.34. The molecule has 0 amide bonds. The first-order valence-electron chi connectivity index (χ1n) is 9.76. The first-order valence-corrected chi connectivity index (χ1v) is 11.4. The third kappa shape index (κ3) is 5.35. The van der Waals surface area contributed by atoms with E-state index < -0.39 is 10.0 Å². The van der Waals surface area contributed by atoms with Crippen LogP contribution in [0.25, 0.3) is 0 Å². The van der Waals surface area contributed by atoms with Crippen LogP contribution in [0.1, 0.15) is 47.9 Å². The van der Waals surface area contributed by atoms with E-state index in [4.69, 9.17) is 5.73 Å². The molecule has 2 aromatic carbocycles. The van der Waals surface area contributed by atoms with E-state index in [2.05, 4.69) is 42.5 Å². The van der Waals surface area contributed by atoms with Gasteiger partial charge in [-0.15, -0.1) is 12.4 Å². The molecule has 1 aliphatic carbocycles. The molecule has 0 spiro atoms. The van der Waals surface area contributed by atoms with Crippen LogP contribution in [0.15, 0.2) is 48.5 Å². The Hall–Kier alpha value is -1.40. The van der Waals surface area contributed by atoms with Crippen LogP contribution >= 0.6 is 12.4 Å². The van der Waals surface area contributed by atoms with E-state index in [1.54, 1.807) is 7.05 Å². The maximum absolute atomic E-state index is 12.3. The van der Waals surface area contributed by atoms with Gasteiger partial charge in [0.25, 0.3) is 0 Å². The standard InChI is InChI=1S/C22H30N2O2S.ClH/c1-3-13-27(25,26)24(2)16-18-9-10-19-11-12-22(23)21(20(19)15-18)14-17-7-5-4-6-8-17;/h4-10,15,21-22H,3,11-14,16,23H2,1-2H3;1H/t21-,22+;/m1./s1. The molecule has 0 fully saturated rings. The molecule has 0 aliphatic heterocycles. The fraction of sp³-hybridized carbons (Fsp3) is 0.455. The second kappa shape index (κ2) is 9.88. The quantitative estimate of drug-likeness (QED) is 0.736. The van der Waals surface area contributed by atoms with Crippen LogP contribution in [-0.2, 0) is 29.4 Å². The minimum absolute atomic E-state index is 0. The summed E-state index contributed by atoms with van der Waals surface area (Å²) in [6.45, 7) is 2.29. The smallest absolute Gasteiger partial charge is 0.214 e. The van der Waals surface area contributed by atoms with Crippen LogP contribution < -0.4 is 5.73 Å². The molecule has 2 aromatic rings. The van der Waals surface area contributed by atoms with E-state index >= 15 is 0 Å². The zero-order valence-electron chi connectivity index (χ0n) is 16.7. The Labute approximate surface area is 175 Å². The molecule has 6 heteroatoms. The number of aryl methyl sites for hydroxylation is 1. The molecule has 4 nitrogen and oxygen atoms in total. The third-order valence-corrected chi connectivity index (χ3v) is 7.52. The molecule has 1 aliphatic rings. The summed E-state index contributed by atoms with van der Waals surface area (Å²) in [4.78, 5) is 0. The Morgan fingerprint density at radius 3 is 2.50 bits per heavy atom. The molecule has 0 aromatic heterocycles. The monoisotopic (exact) mass is 422 g/mol. The van der Waals surface area contributed by atoms with Crippen molar-refractivity contribution in [3.8, 4) is 0 Å². The number of hydrogen-bond acceptors (Lipinski definition) is 3. The first kappa shape index (κ1) is 22.9. The van der Waals surface area contributed by atoms with Gasteiger partial charge < -0.3 is 5.73 Å². The van der Waals surface area contributed by atoms with Crippen LogP contribution in [0, 0.1) is 0 Å². The fourth-order valence-electron chi connectivity index (χ4n) is 3.97. The van der Waals surface area contributed by atoms with Gasteiger partial charge in [-0.25, -0.2) is 12.7 Å². The van der Waals surface area contributed by atoms with E-state index in [9.17, 15) is 8.42 Å². The van der Waals surface area contributed by atoms with Crippen LogP contribution in [0.3, 0.4) is 0 Å². The van der Waals surface area contributed by atoms with Crippen LogP contribution in [0.4, 0.5) is 0 Å². The van der Waals surface area contributed by atoms with Crippen molar-refractivity contribution in [2.45, 2.75) is 51.1 Å². The summed E-state index contributed by atoms with van der Waals surface area (Å²) in [6, 6.07) is 17.0. The van der Waals surface area contributed by atoms with E-state index in [0.717, 1.165) is 24.8 Å². The van der Waals surface area contributed by atoms with E-state index in [1.807, 2.05) is 13.0 Å². The molecule has 2 N–H and O–H groups in total. The molecule has 28 heavy (non-hydrogen) atoms. The average Bonchev–Trinajstić information content (AvgIpc) is 2.65. The van der Waals surface area contributed by atoms with Gasteiger partial charge in [-0.2, -0.15) is 0 Å². The van der Waals surface area contributed by atoms with Gasteiger partial charge in [-0.3, -0.25) is 0 Å². The summed E-state index contributed by atoms with van der Waals surface area (Å²) < 4.78 is 26.0. The maximum atomic E-state index is 12.3. The van der Waals surface area contributed by atoms with Gasteiger partial charge in [0, 0.05) is 25.6 Å². The molecule has 154 valence electrons. The lowest BCUT2D eigenvalue weighted by Gasteiger charge is -2.32.